The van der Waals surface area contributed by atoms with Gasteiger partial charge in [0.1, 0.15) is 12.8 Å². The summed E-state index contributed by atoms with van der Waals surface area (Å²) in [7, 11) is 0. The molecule has 1 aromatic carbocycles. The van der Waals surface area contributed by atoms with Crippen molar-refractivity contribution in [3.63, 3.8) is 0 Å². The smallest absolute Gasteiger partial charge is 0.133 e. The van der Waals surface area contributed by atoms with Crippen LogP contribution in [0.3, 0.4) is 0 Å². The lowest BCUT2D eigenvalue weighted by Crippen LogP contribution is -2.36. The van der Waals surface area contributed by atoms with Crippen molar-refractivity contribution in [1.29, 1.82) is 0 Å². The molecule has 0 bridgehead atoms. The molecule has 84 valence electrons. The number of hydrogen-bond donors (Lipinski definition) is 1. The molecule has 1 atom stereocenters. The summed E-state index contributed by atoms with van der Waals surface area (Å²) in [5.74, 6) is 2.45. The van der Waals surface area contributed by atoms with Gasteiger partial charge in [-0.15, -0.1) is 6.42 Å². The molecule has 0 fully saturated rings. The third-order valence-electron chi connectivity index (χ3n) is 2.00. The highest BCUT2D eigenvalue weighted by molar-refractivity contribution is 7.80. The number of thiocarbonyl (C=S) groups is 1. The Hall–Kier alpha value is -1.37. The van der Waals surface area contributed by atoms with Crippen LogP contribution in [-0.2, 0) is 11.2 Å². The van der Waals surface area contributed by atoms with Crippen molar-refractivity contribution in [1.82, 2.24) is 5.32 Å². The van der Waals surface area contributed by atoms with Gasteiger partial charge in [0.05, 0.1) is 4.99 Å². The summed E-state index contributed by atoms with van der Waals surface area (Å²) in [5, 5.41) is 3.08. The summed E-state index contributed by atoms with van der Waals surface area (Å²) < 4.78 is 5.47. The van der Waals surface area contributed by atoms with E-state index in [4.69, 9.17) is 23.4 Å². The van der Waals surface area contributed by atoms with Gasteiger partial charge in [-0.3, -0.25) is 0 Å². The van der Waals surface area contributed by atoms with E-state index in [0.29, 0.717) is 4.99 Å². The average Bonchev–Trinajstić information content (AvgIpc) is 2.26. The molecular weight excluding hydrogens is 218 g/mol. The molecule has 0 spiro atoms. The zero-order chi connectivity index (χ0) is 11.8. The van der Waals surface area contributed by atoms with Crippen LogP contribution in [0.15, 0.2) is 30.3 Å². The summed E-state index contributed by atoms with van der Waals surface area (Å²) in [5.41, 5.74) is 1.19. The van der Waals surface area contributed by atoms with Crippen LogP contribution >= 0.6 is 12.2 Å². The molecular formula is C13H15NOS. The van der Waals surface area contributed by atoms with Gasteiger partial charge in [0.25, 0.3) is 0 Å². The number of hydrogen-bond acceptors (Lipinski definition) is 2. The van der Waals surface area contributed by atoms with Gasteiger partial charge in [-0.25, -0.2) is 0 Å². The molecule has 1 rings (SSSR count). The van der Waals surface area contributed by atoms with Crippen LogP contribution in [0.2, 0.25) is 0 Å². The van der Waals surface area contributed by atoms with Gasteiger partial charge in [-0.1, -0.05) is 48.5 Å². The molecule has 0 saturated heterocycles. The van der Waals surface area contributed by atoms with Crippen LogP contribution in [0.25, 0.3) is 0 Å². The SMILES string of the molecule is C#CCOC(Cc1ccccc1)NC(C)=S. The van der Waals surface area contributed by atoms with Crippen LogP contribution < -0.4 is 5.32 Å². The van der Waals surface area contributed by atoms with Crippen molar-refractivity contribution in [2.75, 3.05) is 6.61 Å². The van der Waals surface area contributed by atoms with Crippen LogP contribution in [0.4, 0.5) is 0 Å². The predicted molar refractivity (Wildman–Crippen MR) is 70.1 cm³/mol. The molecule has 2 nitrogen and oxygen atoms in total. The first-order chi connectivity index (χ1) is 7.72. The van der Waals surface area contributed by atoms with Crippen molar-refractivity contribution in [3.8, 4) is 12.3 Å². The molecule has 0 amide bonds. The first kappa shape index (κ1) is 12.7. The van der Waals surface area contributed by atoms with E-state index >= 15 is 0 Å². The summed E-state index contributed by atoms with van der Waals surface area (Å²) in [6.07, 6.45) is 5.76. The number of nitrogens with one attached hydrogen (secondary N) is 1. The van der Waals surface area contributed by atoms with Crippen LogP contribution in [0.1, 0.15) is 12.5 Å². The quantitative estimate of drug-likeness (QED) is 0.478. The predicted octanol–water partition coefficient (Wildman–Crippen LogP) is 2.14. The fraction of sp³-hybridized carbons (Fsp3) is 0.308. The minimum Gasteiger partial charge on any atom is -0.355 e. The second-order valence-electron chi connectivity index (χ2n) is 3.39. The average molecular weight is 233 g/mol. The maximum atomic E-state index is 5.47. The van der Waals surface area contributed by atoms with E-state index < -0.39 is 0 Å². The molecule has 0 heterocycles. The van der Waals surface area contributed by atoms with E-state index in [9.17, 15) is 0 Å². The molecule has 1 unspecified atom stereocenters. The fourth-order valence-electron chi connectivity index (χ4n) is 1.36. The van der Waals surface area contributed by atoms with Crippen LogP contribution in [0, 0.1) is 12.3 Å². The number of ether oxygens (including phenoxy) is 1. The largest absolute Gasteiger partial charge is 0.355 e. The second-order valence-corrected chi connectivity index (χ2v) is 4.01. The van der Waals surface area contributed by atoms with E-state index in [1.807, 2.05) is 37.3 Å². The maximum absolute atomic E-state index is 5.47. The molecule has 0 aliphatic carbocycles. The summed E-state index contributed by atoms with van der Waals surface area (Å²) in [6, 6.07) is 10.1. The Labute approximate surface area is 102 Å². The van der Waals surface area contributed by atoms with E-state index in [2.05, 4.69) is 11.2 Å². The molecule has 0 aliphatic rings. The zero-order valence-corrected chi connectivity index (χ0v) is 10.1. The first-order valence-corrected chi connectivity index (χ1v) is 5.49. The number of benzene rings is 1. The Balaban J connectivity index is 2.56. The lowest BCUT2D eigenvalue weighted by atomic mass is 10.1. The van der Waals surface area contributed by atoms with Crippen molar-refractivity contribution in [3.05, 3.63) is 35.9 Å². The second kappa shape index (κ2) is 7.00. The molecule has 1 aromatic rings. The first-order valence-electron chi connectivity index (χ1n) is 5.08. The van der Waals surface area contributed by atoms with Crippen LogP contribution in [0.5, 0.6) is 0 Å². The van der Waals surface area contributed by atoms with Crippen molar-refractivity contribution in [2.24, 2.45) is 0 Å². The standard InChI is InChI=1S/C13H15NOS/c1-3-9-15-13(14-11(2)16)10-12-7-5-4-6-8-12/h1,4-8,13H,9-10H2,2H3,(H,14,16). The Morgan fingerprint density at radius 2 is 2.19 bits per heavy atom. The van der Waals surface area contributed by atoms with Crippen molar-refractivity contribution >= 4 is 17.2 Å². The van der Waals surface area contributed by atoms with E-state index in [0.717, 1.165) is 6.42 Å². The fourth-order valence-corrected chi connectivity index (χ4v) is 1.49. The van der Waals surface area contributed by atoms with Gasteiger partial charge in [-0.2, -0.15) is 0 Å². The Morgan fingerprint density at radius 3 is 2.75 bits per heavy atom. The minimum atomic E-state index is -0.157. The Kier molecular flexibility index (Phi) is 5.55. The van der Waals surface area contributed by atoms with E-state index in [1.54, 1.807) is 0 Å². The monoisotopic (exact) mass is 233 g/mol. The highest BCUT2D eigenvalue weighted by atomic mass is 32.1. The molecule has 0 saturated carbocycles. The van der Waals surface area contributed by atoms with Gasteiger partial charge in [0.2, 0.25) is 0 Å². The third kappa shape index (κ3) is 4.92. The maximum Gasteiger partial charge on any atom is 0.133 e. The number of rotatable bonds is 5. The molecule has 0 aromatic heterocycles. The Morgan fingerprint density at radius 1 is 1.50 bits per heavy atom. The molecule has 0 radical (unpaired) electrons. The molecule has 0 aliphatic heterocycles. The van der Waals surface area contributed by atoms with Crippen LogP contribution in [-0.4, -0.2) is 17.8 Å². The van der Waals surface area contributed by atoms with E-state index in [-0.39, 0.29) is 12.8 Å². The van der Waals surface area contributed by atoms with Gasteiger partial charge in [0, 0.05) is 6.42 Å². The number of terminal acetylenes is 1. The van der Waals surface area contributed by atoms with Gasteiger partial charge >= 0.3 is 0 Å². The highest BCUT2D eigenvalue weighted by Crippen LogP contribution is 2.04. The zero-order valence-electron chi connectivity index (χ0n) is 9.27. The highest BCUT2D eigenvalue weighted by Gasteiger charge is 2.08. The minimum absolute atomic E-state index is 0.157. The molecule has 16 heavy (non-hydrogen) atoms. The van der Waals surface area contributed by atoms with Gasteiger partial charge < -0.3 is 10.1 Å². The third-order valence-corrected chi connectivity index (χ3v) is 2.11. The molecule has 3 heteroatoms. The van der Waals surface area contributed by atoms with E-state index in [1.165, 1.54) is 5.56 Å². The lowest BCUT2D eigenvalue weighted by Gasteiger charge is -2.18. The van der Waals surface area contributed by atoms with Gasteiger partial charge in [0.15, 0.2) is 0 Å². The van der Waals surface area contributed by atoms with Crippen molar-refractivity contribution < 1.29 is 4.74 Å². The molecule has 1 N–H and O–H groups in total. The topological polar surface area (TPSA) is 21.3 Å². The lowest BCUT2D eigenvalue weighted by molar-refractivity contribution is 0.0678. The summed E-state index contributed by atoms with van der Waals surface area (Å²) >= 11 is 5.00. The summed E-state index contributed by atoms with van der Waals surface area (Å²) in [4.78, 5) is 0.706. The normalized spacial score (nSPS) is 11.5. The Bertz CT molecular complexity index is 369. The van der Waals surface area contributed by atoms with Crippen molar-refractivity contribution in [2.45, 2.75) is 19.6 Å². The summed E-state index contributed by atoms with van der Waals surface area (Å²) in [6.45, 7) is 2.11. The van der Waals surface area contributed by atoms with Gasteiger partial charge in [-0.05, 0) is 12.5 Å².